The molecule has 2 aromatic rings. The second kappa shape index (κ2) is 9.31. The second-order valence-corrected chi connectivity index (χ2v) is 5.93. The lowest BCUT2D eigenvalue weighted by Crippen LogP contribution is -2.37. The third-order valence-electron chi connectivity index (χ3n) is 3.90. The van der Waals surface area contributed by atoms with Gasteiger partial charge in [-0.25, -0.2) is 4.98 Å². The molecule has 0 aliphatic rings. The molecule has 2 rings (SSSR count). The van der Waals surface area contributed by atoms with Crippen LogP contribution in [0.1, 0.15) is 48.7 Å². The summed E-state index contributed by atoms with van der Waals surface area (Å²) in [5, 5.41) is 2.80. The molecule has 1 aromatic carbocycles. The summed E-state index contributed by atoms with van der Waals surface area (Å²) in [5.41, 5.74) is 7.51. The number of rotatable bonds is 8. The Labute approximate surface area is 152 Å². The highest BCUT2D eigenvalue weighted by Gasteiger charge is 2.09. The van der Waals surface area contributed by atoms with E-state index in [1.807, 2.05) is 24.3 Å². The summed E-state index contributed by atoms with van der Waals surface area (Å²) >= 11 is 0. The van der Waals surface area contributed by atoms with Crippen LogP contribution >= 0.6 is 0 Å². The quantitative estimate of drug-likeness (QED) is 0.634. The van der Waals surface area contributed by atoms with Crippen molar-refractivity contribution in [3.05, 3.63) is 66.4 Å². The Morgan fingerprint density at radius 2 is 1.88 bits per heavy atom. The Balaban J connectivity index is 1.78. The summed E-state index contributed by atoms with van der Waals surface area (Å²) in [6, 6.07) is 7.78. The first-order valence-electron chi connectivity index (χ1n) is 8.39. The Morgan fingerprint density at radius 1 is 1.15 bits per heavy atom. The number of nitrogens with one attached hydrogen (secondary N) is 3. The van der Waals surface area contributed by atoms with Gasteiger partial charge in [-0.1, -0.05) is 32.6 Å². The molecule has 0 bridgehead atoms. The molecule has 1 heterocycles. The van der Waals surface area contributed by atoms with Gasteiger partial charge >= 0.3 is 0 Å². The number of anilines is 1. The van der Waals surface area contributed by atoms with Crippen molar-refractivity contribution in [1.82, 2.24) is 20.8 Å². The van der Waals surface area contributed by atoms with Gasteiger partial charge in [0.05, 0.1) is 12.6 Å². The van der Waals surface area contributed by atoms with E-state index in [1.165, 1.54) is 24.2 Å². The van der Waals surface area contributed by atoms with Crippen molar-refractivity contribution in [3.8, 4) is 0 Å². The Bertz CT molecular complexity index is 759. The van der Waals surface area contributed by atoms with Gasteiger partial charge in [-0.3, -0.25) is 20.0 Å². The summed E-state index contributed by atoms with van der Waals surface area (Å²) in [7, 11) is 0. The van der Waals surface area contributed by atoms with Gasteiger partial charge in [0, 0.05) is 23.8 Å². The van der Waals surface area contributed by atoms with E-state index in [2.05, 4.69) is 46.6 Å². The highest BCUT2D eigenvalue weighted by molar-refractivity contribution is 5.93. The molecule has 1 aromatic heterocycles. The lowest BCUT2D eigenvalue weighted by molar-refractivity contribution is -0.115. The van der Waals surface area contributed by atoms with Crippen LogP contribution in [0.5, 0.6) is 0 Å². The predicted molar refractivity (Wildman–Crippen MR) is 100 cm³/mol. The third kappa shape index (κ3) is 5.70. The molecule has 0 aliphatic carbocycles. The first-order chi connectivity index (χ1) is 12.5. The van der Waals surface area contributed by atoms with Gasteiger partial charge in [-0.15, -0.1) is 0 Å². The third-order valence-corrected chi connectivity index (χ3v) is 3.90. The molecule has 0 saturated carbocycles. The largest absolute Gasteiger partial charge is 0.326 e. The number of carbonyl (C=O) groups is 2. The summed E-state index contributed by atoms with van der Waals surface area (Å²) < 4.78 is 0. The number of amides is 2. The number of hydrogen-bond donors (Lipinski definition) is 3. The molecule has 0 fully saturated rings. The van der Waals surface area contributed by atoms with Crippen LogP contribution in [0, 0.1) is 0 Å². The minimum absolute atomic E-state index is 0.0217. The van der Waals surface area contributed by atoms with Crippen LogP contribution in [0.4, 0.5) is 5.69 Å². The number of carbonyl (C=O) groups excluding carboxylic acids is 2. The second-order valence-electron chi connectivity index (χ2n) is 5.93. The van der Waals surface area contributed by atoms with Crippen molar-refractivity contribution in [3.63, 3.8) is 0 Å². The molecule has 3 N–H and O–H groups in total. The average Bonchev–Trinajstić information content (AvgIpc) is 2.66. The zero-order chi connectivity index (χ0) is 18.9. The van der Waals surface area contributed by atoms with E-state index in [-0.39, 0.29) is 18.0 Å². The maximum Gasteiger partial charge on any atom is 0.289 e. The van der Waals surface area contributed by atoms with Crippen LogP contribution in [0.15, 0.2) is 55.1 Å². The first-order valence-corrected chi connectivity index (χ1v) is 8.39. The molecule has 1 atom stereocenters. The van der Waals surface area contributed by atoms with Gasteiger partial charge in [-0.05, 0) is 30.0 Å². The molecular formula is C19H23N5O2. The Hall–Kier alpha value is -3.22. The molecule has 0 unspecified atom stereocenters. The zero-order valence-electron chi connectivity index (χ0n) is 15.0. The lowest BCUT2D eigenvalue weighted by atomic mass is 9.99. The highest BCUT2D eigenvalue weighted by atomic mass is 16.2. The molecule has 7 nitrogen and oxygen atoms in total. The maximum atomic E-state index is 12.1. The van der Waals surface area contributed by atoms with Gasteiger partial charge in [0.1, 0.15) is 5.69 Å². The molecule has 0 spiro atoms. The fourth-order valence-electron chi connectivity index (χ4n) is 2.20. The van der Waals surface area contributed by atoms with Crippen LogP contribution in [0.3, 0.4) is 0 Å². The van der Waals surface area contributed by atoms with E-state index >= 15 is 0 Å². The summed E-state index contributed by atoms with van der Waals surface area (Å²) in [4.78, 5) is 31.6. The van der Waals surface area contributed by atoms with Crippen molar-refractivity contribution in [2.24, 2.45) is 0 Å². The molecule has 7 heteroatoms. The van der Waals surface area contributed by atoms with Crippen molar-refractivity contribution >= 4 is 17.5 Å². The van der Waals surface area contributed by atoms with E-state index < -0.39 is 5.91 Å². The Kier molecular flexibility index (Phi) is 6.84. The number of aromatic nitrogens is 2. The van der Waals surface area contributed by atoms with Crippen LogP contribution in [0.25, 0.3) is 0 Å². The molecular weight excluding hydrogens is 330 g/mol. The van der Waals surface area contributed by atoms with Crippen LogP contribution < -0.4 is 16.2 Å². The van der Waals surface area contributed by atoms with Gasteiger partial charge < -0.3 is 10.7 Å². The Morgan fingerprint density at radius 3 is 2.50 bits per heavy atom. The van der Waals surface area contributed by atoms with Crippen molar-refractivity contribution in [2.75, 3.05) is 5.32 Å². The van der Waals surface area contributed by atoms with Crippen molar-refractivity contribution in [2.45, 2.75) is 32.6 Å². The average molecular weight is 353 g/mol. The van der Waals surface area contributed by atoms with Crippen molar-refractivity contribution in [1.29, 1.82) is 0 Å². The standard InChI is InChI=1S/C19H23N5O2/c1-4-13(2)15-5-7-16(8-6-15)22-18(25)11-14(3)23-24-19(26)17-12-20-9-10-21-17/h5-10,12-13,23H,3-4,11H2,1-2H3,(H,22,25)(H,24,26)/t13-/m0/s1. The van der Waals surface area contributed by atoms with Gasteiger partial charge in [-0.2, -0.15) is 0 Å². The van der Waals surface area contributed by atoms with E-state index in [0.29, 0.717) is 11.6 Å². The summed E-state index contributed by atoms with van der Waals surface area (Å²) in [6.45, 7) is 8.03. The summed E-state index contributed by atoms with van der Waals surface area (Å²) in [5.74, 6) is -0.200. The monoisotopic (exact) mass is 353 g/mol. The molecule has 0 aliphatic heterocycles. The number of nitrogens with zero attached hydrogens (tertiary/aromatic N) is 2. The predicted octanol–water partition coefficient (Wildman–Crippen LogP) is 2.77. The van der Waals surface area contributed by atoms with Gasteiger partial charge in [0.25, 0.3) is 5.91 Å². The molecule has 0 radical (unpaired) electrons. The zero-order valence-corrected chi connectivity index (χ0v) is 15.0. The van der Waals surface area contributed by atoms with Crippen LogP contribution in [-0.4, -0.2) is 21.8 Å². The fraction of sp³-hybridized carbons (Fsp3) is 0.263. The van der Waals surface area contributed by atoms with E-state index in [0.717, 1.165) is 12.1 Å². The normalized spacial score (nSPS) is 11.3. The van der Waals surface area contributed by atoms with Crippen LogP contribution in [-0.2, 0) is 4.79 Å². The van der Waals surface area contributed by atoms with E-state index in [4.69, 9.17) is 0 Å². The fourth-order valence-corrected chi connectivity index (χ4v) is 2.20. The molecule has 136 valence electrons. The molecule has 0 saturated heterocycles. The topological polar surface area (TPSA) is 96.0 Å². The minimum atomic E-state index is -0.458. The van der Waals surface area contributed by atoms with Crippen molar-refractivity contribution < 1.29 is 9.59 Å². The molecule has 2 amide bonds. The SMILES string of the molecule is C=C(CC(=O)Nc1ccc([C@@H](C)CC)cc1)NNC(=O)c1cnccn1. The number of benzene rings is 1. The highest BCUT2D eigenvalue weighted by Crippen LogP contribution is 2.20. The summed E-state index contributed by atoms with van der Waals surface area (Å²) in [6.07, 6.45) is 5.33. The smallest absolute Gasteiger partial charge is 0.289 e. The minimum Gasteiger partial charge on any atom is -0.326 e. The number of hydrogen-bond acceptors (Lipinski definition) is 5. The van der Waals surface area contributed by atoms with Gasteiger partial charge in [0.2, 0.25) is 5.91 Å². The molecule has 26 heavy (non-hydrogen) atoms. The van der Waals surface area contributed by atoms with E-state index in [1.54, 1.807) is 0 Å². The lowest BCUT2D eigenvalue weighted by Gasteiger charge is -2.12. The maximum absolute atomic E-state index is 12.1. The number of hydrazine groups is 1. The first kappa shape index (κ1) is 19.1. The van der Waals surface area contributed by atoms with Crippen LogP contribution in [0.2, 0.25) is 0 Å². The van der Waals surface area contributed by atoms with E-state index in [9.17, 15) is 9.59 Å². The van der Waals surface area contributed by atoms with Gasteiger partial charge in [0.15, 0.2) is 0 Å².